The summed E-state index contributed by atoms with van der Waals surface area (Å²) in [6.45, 7) is 4.96. The number of benzene rings is 1. The van der Waals surface area contributed by atoms with Crippen molar-refractivity contribution in [3.63, 3.8) is 0 Å². The molecule has 0 radical (unpaired) electrons. The number of aryl methyl sites for hydroxylation is 1. The maximum atomic E-state index is 4.07. The van der Waals surface area contributed by atoms with Gasteiger partial charge in [0.2, 0.25) is 0 Å². The lowest BCUT2D eigenvalue weighted by Crippen LogP contribution is -2.08. The van der Waals surface area contributed by atoms with E-state index in [-0.39, 0.29) is 5.92 Å². The van der Waals surface area contributed by atoms with Crippen LogP contribution >= 0.6 is 0 Å². The summed E-state index contributed by atoms with van der Waals surface area (Å²) in [6, 6.07) is 10.3. The molecular weight excluding hydrogens is 188 g/mol. The summed E-state index contributed by atoms with van der Waals surface area (Å²) >= 11 is 0. The van der Waals surface area contributed by atoms with Gasteiger partial charge in [0, 0.05) is 12.5 Å². The van der Waals surface area contributed by atoms with Gasteiger partial charge in [-0.3, -0.25) is 0 Å². The molecule has 0 spiro atoms. The number of hydrogen-bond donors (Lipinski definition) is 0. The van der Waals surface area contributed by atoms with Crippen LogP contribution in [0.3, 0.4) is 0 Å². The smallest absolute Gasteiger partial charge is 0.158 e. The van der Waals surface area contributed by atoms with Crippen LogP contribution in [0.25, 0.3) is 0 Å². The molecule has 1 unspecified atom stereocenters. The van der Waals surface area contributed by atoms with Gasteiger partial charge in [0.15, 0.2) is 5.82 Å². The van der Waals surface area contributed by atoms with Crippen molar-refractivity contribution in [1.29, 1.82) is 0 Å². The van der Waals surface area contributed by atoms with Gasteiger partial charge in [0.05, 0.1) is 0 Å². The number of rotatable bonds is 3. The molecule has 1 heterocycles. The average molecular weight is 202 g/mol. The topological polar surface area (TPSA) is 43.6 Å². The highest BCUT2D eigenvalue weighted by atomic mass is 15.5. The molecule has 1 atom stereocenters. The zero-order valence-corrected chi connectivity index (χ0v) is 8.96. The summed E-state index contributed by atoms with van der Waals surface area (Å²) in [5.41, 5.74) is 1.24. The van der Waals surface area contributed by atoms with Crippen molar-refractivity contribution in [3.05, 3.63) is 41.7 Å². The van der Waals surface area contributed by atoms with Crippen LogP contribution in [-0.2, 0) is 6.54 Å². The van der Waals surface area contributed by atoms with Crippen molar-refractivity contribution in [2.24, 2.45) is 0 Å². The van der Waals surface area contributed by atoms with Crippen molar-refractivity contribution in [3.8, 4) is 0 Å². The van der Waals surface area contributed by atoms with Crippen LogP contribution in [-0.4, -0.2) is 20.2 Å². The van der Waals surface area contributed by atoms with Gasteiger partial charge >= 0.3 is 0 Å². The highest BCUT2D eigenvalue weighted by Gasteiger charge is 2.14. The Morgan fingerprint density at radius 3 is 2.67 bits per heavy atom. The lowest BCUT2D eigenvalue weighted by molar-refractivity contribution is 0.585. The minimum Gasteiger partial charge on any atom is -0.229 e. The maximum absolute atomic E-state index is 4.07. The molecule has 0 bridgehead atoms. The Bertz CT molecular complexity index is 421. The highest BCUT2D eigenvalue weighted by molar-refractivity contribution is 5.23. The first-order valence-electron chi connectivity index (χ1n) is 5.14. The number of nitrogens with zero attached hydrogens (tertiary/aromatic N) is 4. The molecule has 0 aliphatic heterocycles. The average Bonchev–Trinajstić information content (AvgIpc) is 2.77. The number of aromatic nitrogens is 4. The van der Waals surface area contributed by atoms with Gasteiger partial charge in [0.25, 0.3) is 0 Å². The Kier molecular flexibility index (Phi) is 2.76. The summed E-state index contributed by atoms with van der Waals surface area (Å²) in [7, 11) is 0. The fourth-order valence-corrected chi connectivity index (χ4v) is 1.64. The predicted octanol–water partition coefficient (Wildman–Crippen LogP) is 1.84. The highest BCUT2D eigenvalue weighted by Crippen LogP contribution is 2.20. The SMILES string of the molecule is CCn1nnnc1C(C)c1ccccc1. The first-order valence-corrected chi connectivity index (χ1v) is 5.14. The summed E-state index contributed by atoms with van der Waals surface area (Å²) in [4.78, 5) is 0. The predicted molar refractivity (Wildman–Crippen MR) is 57.5 cm³/mol. The van der Waals surface area contributed by atoms with E-state index in [9.17, 15) is 0 Å². The van der Waals surface area contributed by atoms with Gasteiger partial charge in [-0.15, -0.1) is 5.10 Å². The number of hydrogen-bond acceptors (Lipinski definition) is 3. The molecule has 78 valence electrons. The molecule has 0 aliphatic carbocycles. The molecule has 0 fully saturated rings. The molecule has 0 saturated carbocycles. The third kappa shape index (κ3) is 1.88. The molecule has 1 aromatic carbocycles. The van der Waals surface area contributed by atoms with E-state index in [1.54, 1.807) is 0 Å². The van der Waals surface area contributed by atoms with E-state index in [1.165, 1.54) is 5.56 Å². The molecular formula is C11H14N4. The van der Waals surface area contributed by atoms with Gasteiger partial charge < -0.3 is 0 Å². The second kappa shape index (κ2) is 4.21. The summed E-state index contributed by atoms with van der Waals surface area (Å²) in [5, 5.41) is 11.7. The maximum Gasteiger partial charge on any atom is 0.158 e. The lowest BCUT2D eigenvalue weighted by atomic mass is 10.0. The molecule has 0 N–H and O–H groups in total. The monoisotopic (exact) mass is 202 g/mol. The molecule has 2 aromatic rings. The van der Waals surface area contributed by atoms with Crippen LogP contribution in [0, 0.1) is 0 Å². The third-order valence-corrected chi connectivity index (χ3v) is 2.55. The largest absolute Gasteiger partial charge is 0.229 e. The van der Waals surface area contributed by atoms with Crippen molar-refractivity contribution < 1.29 is 0 Å². The Balaban J connectivity index is 2.32. The first-order chi connectivity index (χ1) is 7.33. The standard InChI is InChI=1S/C11H14N4/c1-3-15-11(12-13-14-15)9(2)10-7-5-4-6-8-10/h4-9H,3H2,1-2H3. The molecule has 15 heavy (non-hydrogen) atoms. The summed E-state index contributed by atoms with van der Waals surface area (Å²) in [5.74, 6) is 1.16. The molecule has 0 aliphatic rings. The minimum absolute atomic E-state index is 0.237. The van der Waals surface area contributed by atoms with Crippen LogP contribution in [0.5, 0.6) is 0 Å². The van der Waals surface area contributed by atoms with Gasteiger partial charge in [-0.25, -0.2) is 4.68 Å². The Morgan fingerprint density at radius 2 is 2.00 bits per heavy atom. The van der Waals surface area contributed by atoms with E-state index in [0.29, 0.717) is 0 Å². The van der Waals surface area contributed by atoms with Crippen LogP contribution < -0.4 is 0 Å². The Labute approximate surface area is 88.9 Å². The molecule has 2 rings (SSSR count). The molecule has 4 nitrogen and oxygen atoms in total. The lowest BCUT2D eigenvalue weighted by Gasteiger charge is -2.10. The Morgan fingerprint density at radius 1 is 1.27 bits per heavy atom. The van der Waals surface area contributed by atoms with E-state index in [1.807, 2.05) is 29.8 Å². The van der Waals surface area contributed by atoms with Crippen molar-refractivity contribution in [2.75, 3.05) is 0 Å². The third-order valence-electron chi connectivity index (χ3n) is 2.55. The normalized spacial score (nSPS) is 12.7. The molecule has 0 saturated heterocycles. The minimum atomic E-state index is 0.237. The van der Waals surface area contributed by atoms with Crippen LogP contribution in [0.2, 0.25) is 0 Å². The fourth-order valence-electron chi connectivity index (χ4n) is 1.64. The molecule has 4 heteroatoms. The quantitative estimate of drug-likeness (QED) is 0.762. The van der Waals surface area contributed by atoms with E-state index in [2.05, 4.69) is 34.6 Å². The van der Waals surface area contributed by atoms with Crippen molar-refractivity contribution in [1.82, 2.24) is 20.2 Å². The van der Waals surface area contributed by atoms with E-state index < -0.39 is 0 Å². The molecule has 0 amide bonds. The second-order valence-electron chi connectivity index (χ2n) is 3.49. The van der Waals surface area contributed by atoms with E-state index in [0.717, 1.165) is 12.4 Å². The zero-order chi connectivity index (χ0) is 10.7. The van der Waals surface area contributed by atoms with Gasteiger partial charge in [-0.1, -0.05) is 37.3 Å². The van der Waals surface area contributed by atoms with Gasteiger partial charge in [-0.05, 0) is 22.9 Å². The summed E-state index contributed by atoms with van der Waals surface area (Å²) < 4.78 is 1.83. The van der Waals surface area contributed by atoms with E-state index in [4.69, 9.17) is 0 Å². The molecule has 1 aromatic heterocycles. The van der Waals surface area contributed by atoms with Gasteiger partial charge in [0.1, 0.15) is 0 Å². The second-order valence-corrected chi connectivity index (χ2v) is 3.49. The first kappa shape index (κ1) is 9.83. The van der Waals surface area contributed by atoms with Crippen molar-refractivity contribution in [2.45, 2.75) is 26.3 Å². The van der Waals surface area contributed by atoms with E-state index >= 15 is 0 Å². The zero-order valence-electron chi connectivity index (χ0n) is 8.96. The van der Waals surface area contributed by atoms with Crippen molar-refractivity contribution >= 4 is 0 Å². The van der Waals surface area contributed by atoms with Crippen LogP contribution in [0.15, 0.2) is 30.3 Å². The Hall–Kier alpha value is -1.71. The van der Waals surface area contributed by atoms with Crippen LogP contribution in [0.4, 0.5) is 0 Å². The number of tetrazole rings is 1. The fraction of sp³-hybridized carbons (Fsp3) is 0.364. The summed E-state index contributed by atoms with van der Waals surface area (Å²) in [6.07, 6.45) is 0. The van der Waals surface area contributed by atoms with Gasteiger partial charge in [-0.2, -0.15) is 0 Å². The van der Waals surface area contributed by atoms with Crippen LogP contribution in [0.1, 0.15) is 31.2 Å².